The van der Waals surface area contributed by atoms with Crippen LogP contribution in [0.4, 0.5) is 5.69 Å². The minimum absolute atomic E-state index is 0.0116. The number of aryl methyl sites for hydroxylation is 1. The fraction of sp³-hybridized carbons (Fsp3) is 0.625. The van der Waals surface area contributed by atoms with Crippen molar-refractivity contribution < 1.29 is 8.42 Å². The van der Waals surface area contributed by atoms with Crippen molar-refractivity contribution in [3.05, 3.63) is 27.7 Å². The van der Waals surface area contributed by atoms with Gasteiger partial charge in [-0.15, -0.1) is 11.3 Å². The maximum absolute atomic E-state index is 11.1. The Morgan fingerprint density at radius 2 is 1.91 bits per heavy atom. The van der Waals surface area contributed by atoms with Crippen molar-refractivity contribution in [2.45, 2.75) is 64.0 Å². The summed E-state index contributed by atoms with van der Waals surface area (Å²) in [4.78, 5) is 1.12. The van der Waals surface area contributed by atoms with E-state index in [-0.39, 0.29) is 10.5 Å². The first-order valence-electron chi connectivity index (χ1n) is 7.74. The van der Waals surface area contributed by atoms with Crippen molar-refractivity contribution in [2.24, 2.45) is 0 Å². The molecule has 4 nitrogen and oxygen atoms in total. The second kappa shape index (κ2) is 8.40. The van der Waals surface area contributed by atoms with E-state index in [9.17, 15) is 8.42 Å². The molecule has 1 aliphatic rings. The third kappa shape index (κ3) is 6.36. The Balaban J connectivity index is 0.000000253. The molecule has 0 amide bonds. The van der Waals surface area contributed by atoms with Gasteiger partial charge < -0.3 is 10.6 Å². The van der Waals surface area contributed by atoms with Gasteiger partial charge in [-0.2, -0.15) is 0 Å². The molecule has 0 unspecified atom stereocenters. The molecule has 2 rings (SSSR count). The smallest absolute Gasteiger partial charge is 0.155 e. The molecule has 132 valence electrons. The van der Waals surface area contributed by atoms with Gasteiger partial charge in [0.25, 0.3) is 0 Å². The third-order valence-electron chi connectivity index (χ3n) is 3.29. The number of halogens is 1. The van der Waals surface area contributed by atoms with Crippen molar-refractivity contribution in [3.63, 3.8) is 0 Å². The predicted molar refractivity (Wildman–Crippen MR) is 102 cm³/mol. The summed E-state index contributed by atoms with van der Waals surface area (Å²) >= 11 is 7.70. The third-order valence-corrected chi connectivity index (χ3v) is 7.52. The van der Waals surface area contributed by atoms with Gasteiger partial charge in [-0.1, -0.05) is 18.2 Å². The summed E-state index contributed by atoms with van der Waals surface area (Å²) in [5.41, 5.74) is 0.923. The molecule has 1 aromatic heterocycles. The van der Waals surface area contributed by atoms with Crippen LogP contribution in [0.25, 0.3) is 0 Å². The zero-order valence-corrected chi connectivity index (χ0v) is 16.8. The van der Waals surface area contributed by atoms with E-state index in [0.717, 1.165) is 34.2 Å². The van der Waals surface area contributed by atoms with Gasteiger partial charge in [-0.05, 0) is 47.5 Å². The van der Waals surface area contributed by atoms with Crippen LogP contribution in [-0.4, -0.2) is 25.0 Å². The Hall–Kier alpha value is -0.720. The first-order chi connectivity index (χ1) is 10.6. The van der Waals surface area contributed by atoms with Crippen LogP contribution in [0.5, 0.6) is 0 Å². The molecule has 2 N–H and O–H groups in total. The molecule has 0 saturated heterocycles. The van der Waals surface area contributed by atoms with Crippen LogP contribution >= 0.6 is 22.9 Å². The van der Waals surface area contributed by atoms with Crippen LogP contribution in [0, 0.1) is 6.92 Å². The summed E-state index contributed by atoms with van der Waals surface area (Å²) in [6.45, 7) is 13.5. The van der Waals surface area contributed by atoms with Crippen molar-refractivity contribution in [1.29, 1.82) is 0 Å². The molecule has 1 fully saturated rings. The summed E-state index contributed by atoms with van der Waals surface area (Å²) < 4.78 is 22.2. The van der Waals surface area contributed by atoms with Gasteiger partial charge in [0, 0.05) is 16.3 Å². The van der Waals surface area contributed by atoms with Gasteiger partial charge >= 0.3 is 0 Å². The summed E-state index contributed by atoms with van der Waals surface area (Å²) in [7, 11) is -2.70. The van der Waals surface area contributed by atoms with Crippen LogP contribution in [0.1, 0.15) is 45.4 Å². The number of sulfone groups is 1. The molecule has 0 aliphatic heterocycles. The van der Waals surface area contributed by atoms with Gasteiger partial charge in [-0.25, -0.2) is 8.42 Å². The second-order valence-electron chi connectivity index (χ2n) is 6.26. The maximum Gasteiger partial charge on any atom is 0.155 e. The standard InChI is InChI=1S/C10H15ClN2S.C6H12O2S/c1-6(2)12-8(4)13-9-5-14-7(3)10(9)11;1-5(2)9(7,8)6-3-4-6/h5-6,12-13H,4H2,1-3H3;5-6H,3-4H2,1-2H3. The van der Waals surface area contributed by atoms with E-state index in [1.807, 2.05) is 12.3 Å². The van der Waals surface area contributed by atoms with E-state index >= 15 is 0 Å². The molecular weight excluding hydrogens is 352 g/mol. The maximum atomic E-state index is 11.1. The van der Waals surface area contributed by atoms with Crippen molar-refractivity contribution in [3.8, 4) is 0 Å². The Kier molecular flexibility index (Phi) is 7.42. The van der Waals surface area contributed by atoms with E-state index in [1.54, 1.807) is 25.2 Å². The van der Waals surface area contributed by atoms with Crippen LogP contribution in [0.3, 0.4) is 0 Å². The highest BCUT2D eigenvalue weighted by Gasteiger charge is 2.37. The highest BCUT2D eigenvalue weighted by molar-refractivity contribution is 7.92. The van der Waals surface area contributed by atoms with E-state index in [2.05, 4.69) is 31.1 Å². The number of hydrogen-bond donors (Lipinski definition) is 2. The van der Waals surface area contributed by atoms with E-state index in [4.69, 9.17) is 11.6 Å². The monoisotopic (exact) mass is 378 g/mol. The van der Waals surface area contributed by atoms with Crippen LogP contribution in [0.15, 0.2) is 17.8 Å². The molecule has 0 aromatic carbocycles. The van der Waals surface area contributed by atoms with Gasteiger partial charge in [0.05, 0.1) is 27.0 Å². The quantitative estimate of drug-likeness (QED) is 0.761. The Labute approximate surface area is 149 Å². The minimum Gasteiger partial charge on any atom is -0.370 e. The fourth-order valence-electron chi connectivity index (χ4n) is 1.85. The average molecular weight is 379 g/mol. The zero-order chi connectivity index (χ0) is 17.8. The molecule has 0 spiro atoms. The molecule has 7 heteroatoms. The summed E-state index contributed by atoms with van der Waals surface area (Å²) in [5.74, 6) is 0.778. The number of thiophene rings is 1. The predicted octanol–water partition coefficient (Wildman–Crippen LogP) is 4.56. The minimum atomic E-state index is -2.70. The van der Waals surface area contributed by atoms with Crippen molar-refractivity contribution in [1.82, 2.24) is 5.32 Å². The van der Waals surface area contributed by atoms with Gasteiger partial charge in [-0.3, -0.25) is 0 Å². The summed E-state index contributed by atoms with van der Waals surface area (Å²) in [6, 6.07) is 0.369. The summed E-state index contributed by atoms with van der Waals surface area (Å²) in [5, 5.41) is 8.91. The number of anilines is 1. The fourth-order valence-corrected chi connectivity index (χ4v) is 4.40. The highest BCUT2D eigenvalue weighted by Crippen LogP contribution is 2.32. The van der Waals surface area contributed by atoms with Crippen LogP contribution in [-0.2, 0) is 9.84 Å². The second-order valence-corrected chi connectivity index (χ2v) is 10.5. The Morgan fingerprint density at radius 3 is 2.22 bits per heavy atom. The zero-order valence-electron chi connectivity index (χ0n) is 14.4. The van der Waals surface area contributed by atoms with Crippen LogP contribution < -0.4 is 10.6 Å². The van der Waals surface area contributed by atoms with E-state index in [1.165, 1.54) is 0 Å². The molecule has 0 bridgehead atoms. The lowest BCUT2D eigenvalue weighted by molar-refractivity contribution is 0.586. The number of rotatable bonds is 6. The molecule has 1 aliphatic carbocycles. The molecular formula is C16H27ClN2O2S2. The summed E-state index contributed by atoms with van der Waals surface area (Å²) in [6.07, 6.45) is 1.78. The largest absolute Gasteiger partial charge is 0.370 e. The number of nitrogens with one attached hydrogen (secondary N) is 2. The van der Waals surface area contributed by atoms with E-state index < -0.39 is 9.84 Å². The SMILES string of the molecule is C=C(Nc1csc(C)c1Cl)NC(C)C.CC(C)S(=O)(=O)C1CC1. The highest BCUT2D eigenvalue weighted by atomic mass is 35.5. The first kappa shape index (κ1) is 20.3. The van der Waals surface area contributed by atoms with E-state index in [0.29, 0.717) is 6.04 Å². The first-order valence-corrected chi connectivity index (χ1v) is 10.6. The topological polar surface area (TPSA) is 58.2 Å². The number of hydrogen-bond acceptors (Lipinski definition) is 5. The van der Waals surface area contributed by atoms with Gasteiger partial charge in [0.15, 0.2) is 9.84 Å². The van der Waals surface area contributed by atoms with Crippen LogP contribution in [0.2, 0.25) is 5.02 Å². The molecule has 1 saturated carbocycles. The molecule has 1 heterocycles. The molecule has 1 aromatic rings. The average Bonchev–Trinajstić information content (AvgIpc) is 3.22. The van der Waals surface area contributed by atoms with Gasteiger partial charge in [0.1, 0.15) is 0 Å². The Bertz CT molecular complexity index is 625. The van der Waals surface area contributed by atoms with Crippen molar-refractivity contribution >= 4 is 38.5 Å². The lowest BCUT2D eigenvalue weighted by Gasteiger charge is -2.14. The Morgan fingerprint density at radius 1 is 1.35 bits per heavy atom. The normalized spacial score (nSPS) is 14.4. The molecule has 0 radical (unpaired) electrons. The molecule has 23 heavy (non-hydrogen) atoms. The lowest BCUT2D eigenvalue weighted by Crippen LogP contribution is -2.25. The molecule has 0 atom stereocenters. The van der Waals surface area contributed by atoms with Gasteiger partial charge in [0.2, 0.25) is 0 Å². The van der Waals surface area contributed by atoms with Crippen molar-refractivity contribution in [2.75, 3.05) is 5.32 Å². The lowest BCUT2D eigenvalue weighted by atomic mass is 10.4.